The minimum atomic E-state index is -0.0646. The van der Waals surface area contributed by atoms with E-state index in [-0.39, 0.29) is 11.8 Å². The van der Waals surface area contributed by atoms with Gasteiger partial charge in [-0.1, -0.05) is 26.0 Å². The number of pyridine rings is 1. The predicted molar refractivity (Wildman–Crippen MR) is 119 cm³/mol. The SMILES string of the molecule is CC(C)c1ccc(NC(=O)C2CCCN(c3ccc(-c4ccncc4)nn3)C2)cc1. The van der Waals surface area contributed by atoms with Gasteiger partial charge in [-0.3, -0.25) is 9.78 Å². The van der Waals surface area contributed by atoms with Crippen LogP contribution in [-0.4, -0.2) is 34.2 Å². The molecule has 3 heterocycles. The van der Waals surface area contributed by atoms with Crippen molar-refractivity contribution in [2.45, 2.75) is 32.6 Å². The molecule has 1 aliphatic rings. The lowest BCUT2D eigenvalue weighted by Gasteiger charge is -2.32. The van der Waals surface area contributed by atoms with Gasteiger partial charge in [0.2, 0.25) is 5.91 Å². The highest BCUT2D eigenvalue weighted by Gasteiger charge is 2.27. The third-order valence-electron chi connectivity index (χ3n) is 5.59. The highest BCUT2D eigenvalue weighted by molar-refractivity contribution is 5.93. The Labute approximate surface area is 177 Å². The van der Waals surface area contributed by atoms with E-state index in [0.29, 0.717) is 12.5 Å². The summed E-state index contributed by atoms with van der Waals surface area (Å²) >= 11 is 0. The summed E-state index contributed by atoms with van der Waals surface area (Å²) in [5.74, 6) is 1.29. The minimum absolute atomic E-state index is 0.0646. The Morgan fingerprint density at radius 3 is 2.47 bits per heavy atom. The summed E-state index contributed by atoms with van der Waals surface area (Å²) in [5, 5.41) is 11.8. The van der Waals surface area contributed by atoms with Gasteiger partial charge in [-0.25, -0.2) is 0 Å². The van der Waals surface area contributed by atoms with Crippen molar-refractivity contribution in [1.82, 2.24) is 15.2 Å². The first-order valence-electron chi connectivity index (χ1n) is 10.5. The Kier molecular flexibility index (Phi) is 6.02. The lowest BCUT2D eigenvalue weighted by Crippen LogP contribution is -2.41. The quantitative estimate of drug-likeness (QED) is 0.681. The van der Waals surface area contributed by atoms with Crippen molar-refractivity contribution >= 4 is 17.4 Å². The van der Waals surface area contributed by atoms with Gasteiger partial charge in [0.1, 0.15) is 0 Å². The molecule has 1 unspecified atom stereocenters. The van der Waals surface area contributed by atoms with Gasteiger partial charge in [-0.2, -0.15) is 0 Å². The van der Waals surface area contributed by atoms with E-state index in [1.807, 2.05) is 36.4 Å². The summed E-state index contributed by atoms with van der Waals surface area (Å²) in [4.78, 5) is 19.0. The molecule has 3 aromatic rings. The van der Waals surface area contributed by atoms with Gasteiger partial charge >= 0.3 is 0 Å². The number of hydrogen-bond donors (Lipinski definition) is 1. The van der Waals surface area contributed by atoms with Crippen LogP contribution in [0.2, 0.25) is 0 Å². The highest BCUT2D eigenvalue weighted by atomic mass is 16.1. The maximum absolute atomic E-state index is 12.8. The van der Waals surface area contributed by atoms with E-state index in [9.17, 15) is 4.79 Å². The van der Waals surface area contributed by atoms with Crippen molar-refractivity contribution in [2.75, 3.05) is 23.3 Å². The van der Waals surface area contributed by atoms with E-state index in [2.05, 4.69) is 51.4 Å². The van der Waals surface area contributed by atoms with Crippen molar-refractivity contribution in [1.29, 1.82) is 0 Å². The molecule has 1 aromatic carbocycles. The Balaban J connectivity index is 1.39. The number of carbonyl (C=O) groups is 1. The van der Waals surface area contributed by atoms with Gasteiger partial charge < -0.3 is 10.2 Å². The third kappa shape index (κ3) is 4.64. The van der Waals surface area contributed by atoms with Gasteiger partial charge in [0.05, 0.1) is 11.6 Å². The summed E-state index contributed by atoms with van der Waals surface area (Å²) < 4.78 is 0. The number of aromatic nitrogens is 3. The average Bonchev–Trinajstić information content (AvgIpc) is 2.80. The Bertz CT molecular complexity index is 971. The molecule has 0 aliphatic carbocycles. The zero-order chi connectivity index (χ0) is 20.9. The molecule has 1 amide bonds. The molecule has 6 heteroatoms. The summed E-state index contributed by atoms with van der Waals surface area (Å²) in [6, 6.07) is 15.9. The molecule has 0 saturated carbocycles. The summed E-state index contributed by atoms with van der Waals surface area (Å²) in [5.41, 5.74) is 3.93. The molecule has 0 bridgehead atoms. The smallest absolute Gasteiger partial charge is 0.229 e. The van der Waals surface area contributed by atoms with Crippen LogP contribution in [0, 0.1) is 5.92 Å². The molecule has 1 aliphatic heterocycles. The van der Waals surface area contributed by atoms with Crippen LogP contribution in [0.15, 0.2) is 60.9 Å². The van der Waals surface area contributed by atoms with E-state index < -0.39 is 0 Å². The highest BCUT2D eigenvalue weighted by Crippen LogP contribution is 2.24. The maximum atomic E-state index is 12.8. The Morgan fingerprint density at radius 1 is 1.03 bits per heavy atom. The van der Waals surface area contributed by atoms with E-state index in [0.717, 1.165) is 42.1 Å². The third-order valence-corrected chi connectivity index (χ3v) is 5.59. The van der Waals surface area contributed by atoms with Crippen LogP contribution in [0.1, 0.15) is 38.2 Å². The number of amides is 1. The molecule has 1 saturated heterocycles. The number of rotatable bonds is 5. The standard InChI is InChI=1S/C24H27N5O/c1-17(2)18-5-7-21(8-6-18)26-24(30)20-4-3-15-29(16-20)23-10-9-22(27-28-23)19-11-13-25-14-12-19/h5-14,17,20H,3-4,15-16H2,1-2H3,(H,26,30). The van der Waals surface area contributed by atoms with Gasteiger partial charge in [-0.15, -0.1) is 10.2 Å². The topological polar surface area (TPSA) is 71.0 Å². The number of nitrogens with one attached hydrogen (secondary N) is 1. The van der Waals surface area contributed by atoms with Crippen molar-refractivity contribution in [2.24, 2.45) is 5.92 Å². The largest absolute Gasteiger partial charge is 0.354 e. The first-order valence-corrected chi connectivity index (χ1v) is 10.5. The number of nitrogens with zero attached hydrogens (tertiary/aromatic N) is 4. The molecule has 6 nitrogen and oxygen atoms in total. The average molecular weight is 402 g/mol. The number of benzene rings is 1. The van der Waals surface area contributed by atoms with Crippen LogP contribution >= 0.6 is 0 Å². The van der Waals surface area contributed by atoms with Gasteiger partial charge in [0.15, 0.2) is 5.82 Å². The monoisotopic (exact) mass is 401 g/mol. The lowest BCUT2D eigenvalue weighted by atomic mass is 9.96. The zero-order valence-corrected chi connectivity index (χ0v) is 17.5. The van der Waals surface area contributed by atoms with Gasteiger partial charge in [-0.05, 0) is 60.7 Å². The van der Waals surface area contributed by atoms with Crippen LogP contribution < -0.4 is 10.2 Å². The number of carbonyl (C=O) groups excluding carboxylic acids is 1. The van der Waals surface area contributed by atoms with Crippen molar-refractivity contribution in [3.8, 4) is 11.3 Å². The second kappa shape index (κ2) is 9.03. The minimum Gasteiger partial charge on any atom is -0.354 e. The fourth-order valence-electron chi connectivity index (χ4n) is 3.77. The second-order valence-corrected chi connectivity index (χ2v) is 8.06. The van der Waals surface area contributed by atoms with Crippen LogP contribution in [0.3, 0.4) is 0 Å². The first kappa shape index (κ1) is 20.0. The molecule has 1 fully saturated rings. The number of anilines is 2. The van der Waals surface area contributed by atoms with Crippen LogP contribution in [0.5, 0.6) is 0 Å². The van der Waals surface area contributed by atoms with Crippen LogP contribution in [-0.2, 0) is 4.79 Å². The molecule has 2 aromatic heterocycles. The van der Waals surface area contributed by atoms with Gasteiger partial charge in [0, 0.05) is 36.7 Å². The molecular formula is C24H27N5O. The Morgan fingerprint density at radius 2 is 1.80 bits per heavy atom. The fourth-order valence-corrected chi connectivity index (χ4v) is 3.77. The van der Waals surface area contributed by atoms with E-state index in [1.165, 1.54) is 5.56 Å². The van der Waals surface area contributed by atoms with Crippen molar-refractivity contribution in [3.05, 3.63) is 66.5 Å². The Hall–Kier alpha value is -3.28. The molecule has 4 rings (SSSR count). The van der Waals surface area contributed by atoms with E-state index in [4.69, 9.17) is 0 Å². The van der Waals surface area contributed by atoms with Crippen molar-refractivity contribution < 1.29 is 4.79 Å². The fraction of sp³-hybridized carbons (Fsp3) is 0.333. The normalized spacial score (nSPS) is 16.5. The number of piperidine rings is 1. The molecule has 0 radical (unpaired) electrons. The molecular weight excluding hydrogens is 374 g/mol. The van der Waals surface area contributed by atoms with Crippen molar-refractivity contribution in [3.63, 3.8) is 0 Å². The van der Waals surface area contributed by atoms with E-state index in [1.54, 1.807) is 12.4 Å². The van der Waals surface area contributed by atoms with Crippen LogP contribution in [0.25, 0.3) is 11.3 Å². The maximum Gasteiger partial charge on any atom is 0.229 e. The molecule has 0 spiro atoms. The van der Waals surface area contributed by atoms with Gasteiger partial charge in [0.25, 0.3) is 0 Å². The summed E-state index contributed by atoms with van der Waals surface area (Å²) in [6.45, 7) is 5.86. The number of hydrogen-bond acceptors (Lipinski definition) is 5. The predicted octanol–water partition coefficient (Wildman–Crippen LogP) is 4.52. The summed E-state index contributed by atoms with van der Waals surface area (Å²) in [6.07, 6.45) is 5.33. The molecule has 154 valence electrons. The van der Waals surface area contributed by atoms with E-state index >= 15 is 0 Å². The molecule has 1 N–H and O–H groups in total. The first-order chi connectivity index (χ1) is 14.6. The molecule has 1 atom stereocenters. The summed E-state index contributed by atoms with van der Waals surface area (Å²) in [7, 11) is 0. The van der Waals surface area contributed by atoms with Crippen LogP contribution in [0.4, 0.5) is 11.5 Å². The zero-order valence-electron chi connectivity index (χ0n) is 17.5. The molecule has 30 heavy (non-hydrogen) atoms. The second-order valence-electron chi connectivity index (χ2n) is 8.06. The lowest BCUT2D eigenvalue weighted by molar-refractivity contribution is -0.120.